The van der Waals surface area contributed by atoms with E-state index in [4.69, 9.17) is 9.47 Å². The lowest BCUT2D eigenvalue weighted by molar-refractivity contribution is 0.0943. The van der Waals surface area contributed by atoms with E-state index in [1.54, 1.807) is 25.0 Å². The number of aromatic nitrogens is 6. The summed E-state index contributed by atoms with van der Waals surface area (Å²) in [4.78, 5) is 38.3. The number of aromatic amines is 3. The number of benzene rings is 2. The maximum absolute atomic E-state index is 12.2. The number of carbonyl (C=O) groups is 2. The summed E-state index contributed by atoms with van der Waals surface area (Å²) < 4.78 is 13.8. The molecule has 264 valence electrons. The van der Waals surface area contributed by atoms with Crippen molar-refractivity contribution < 1.29 is 26.2 Å². The standard InChI is InChI=1S/C19H22N4O2.C18H20N4O2.5H2/c1-11-12(2)22-18(21-11)15-10-16(17(23-15)19(24)20-4)25-13(3)14-8-6-5-7-9-14;1-12(13-7-5-4-6-8-13)24-16-9-15(14-10-20-22(3)11-14)21-17(16)18(23)19-2;;;;;/h5-10,13,23H,1-4H3,(H,20,24)(H,21,22);4-12,21H,1-3H3,(H,19,23);5*1H. The lowest BCUT2D eigenvalue weighted by Crippen LogP contribution is -2.19. The first-order valence-electron chi connectivity index (χ1n) is 15.9. The van der Waals surface area contributed by atoms with E-state index in [1.165, 1.54) is 0 Å². The third kappa shape index (κ3) is 8.10. The molecular formula is C37H52N8O4. The number of hydrogen-bond acceptors (Lipinski definition) is 6. The van der Waals surface area contributed by atoms with Gasteiger partial charge in [0.05, 0.1) is 23.3 Å². The van der Waals surface area contributed by atoms with Crippen LogP contribution in [0.5, 0.6) is 11.5 Å². The van der Waals surface area contributed by atoms with Crippen LogP contribution in [0.25, 0.3) is 22.8 Å². The number of nitrogens with one attached hydrogen (secondary N) is 5. The highest BCUT2D eigenvalue weighted by Crippen LogP contribution is 2.32. The van der Waals surface area contributed by atoms with Crippen molar-refractivity contribution in [2.24, 2.45) is 7.05 Å². The lowest BCUT2D eigenvalue weighted by Gasteiger charge is -2.14. The average Bonchev–Trinajstić information content (AvgIpc) is 3.92. The molecule has 4 aromatic heterocycles. The van der Waals surface area contributed by atoms with Gasteiger partial charge in [0.2, 0.25) is 0 Å². The van der Waals surface area contributed by atoms with Gasteiger partial charge in [0.25, 0.3) is 11.8 Å². The molecule has 0 spiro atoms. The van der Waals surface area contributed by atoms with Crippen molar-refractivity contribution in [3.8, 4) is 34.3 Å². The molecule has 6 aromatic rings. The molecule has 12 heteroatoms. The van der Waals surface area contributed by atoms with E-state index in [2.05, 4.69) is 35.7 Å². The number of rotatable bonds is 10. The molecule has 4 heterocycles. The van der Waals surface area contributed by atoms with Crippen molar-refractivity contribution in [1.82, 2.24) is 40.3 Å². The van der Waals surface area contributed by atoms with Crippen LogP contribution in [0, 0.1) is 13.8 Å². The topological polar surface area (TPSA) is 155 Å². The molecule has 2 atom stereocenters. The van der Waals surface area contributed by atoms with E-state index < -0.39 is 0 Å². The summed E-state index contributed by atoms with van der Waals surface area (Å²) in [5, 5.41) is 9.43. The quantitative estimate of drug-likeness (QED) is 0.101. The smallest absolute Gasteiger partial charge is 0.271 e. The van der Waals surface area contributed by atoms with Gasteiger partial charge in [-0.1, -0.05) is 60.7 Å². The maximum Gasteiger partial charge on any atom is 0.271 e. The summed E-state index contributed by atoms with van der Waals surface area (Å²) in [6, 6.07) is 23.4. The Balaban J connectivity index is 0.000000953. The van der Waals surface area contributed by atoms with Crippen LogP contribution >= 0.6 is 0 Å². The Morgan fingerprint density at radius 1 is 0.776 bits per heavy atom. The second-order valence-electron chi connectivity index (χ2n) is 11.5. The predicted octanol–water partition coefficient (Wildman–Crippen LogP) is 7.67. The Kier molecular flexibility index (Phi) is 10.7. The maximum atomic E-state index is 12.2. The van der Waals surface area contributed by atoms with Crippen molar-refractivity contribution in [1.29, 1.82) is 0 Å². The zero-order chi connectivity index (χ0) is 35.1. The van der Waals surface area contributed by atoms with Crippen LogP contribution < -0.4 is 20.1 Å². The number of imidazole rings is 1. The first-order valence-corrected chi connectivity index (χ1v) is 15.9. The Bertz CT molecular complexity index is 2010. The molecule has 0 aliphatic rings. The van der Waals surface area contributed by atoms with E-state index in [-0.39, 0.29) is 31.2 Å². The SMILES string of the molecule is CNC(=O)c1[nH]c(-c2cnn(C)c2)cc1OC(C)c1ccccc1.CNC(=O)c1[nH]c(-c2nc(C)c(C)[nH]2)cc1OC(C)c1ccccc1.[HH].[HH].[HH].[HH].[HH]. The van der Waals surface area contributed by atoms with Crippen molar-refractivity contribution in [2.45, 2.75) is 39.9 Å². The molecule has 2 amide bonds. The van der Waals surface area contributed by atoms with E-state index in [0.717, 1.165) is 33.8 Å². The molecule has 0 radical (unpaired) electrons. The van der Waals surface area contributed by atoms with E-state index in [0.29, 0.717) is 34.4 Å². The van der Waals surface area contributed by atoms with Crippen molar-refractivity contribution >= 4 is 11.8 Å². The zero-order valence-corrected chi connectivity index (χ0v) is 28.7. The minimum atomic E-state index is -0.235. The second-order valence-corrected chi connectivity index (χ2v) is 11.5. The summed E-state index contributed by atoms with van der Waals surface area (Å²) >= 11 is 0. The number of H-pyrrole nitrogens is 3. The first-order chi connectivity index (χ1) is 23.6. The van der Waals surface area contributed by atoms with Gasteiger partial charge in [0.1, 0.15) is 23.6 Å². The highest BCUT2D eigenvalue weighted by atomic mass is 16.5. The molecule has 0 saturated carbocycles. The molecule has 5 N–H and O–H groups in total. The minimum Gasteiger partial charge on any atom is -0.484 e. The molecule has 12 nitrogen and oxygen atoms in total. The summed E-state index contributed by atoms with van der Waals surface area (Å²) in [6.07, 6.45) is 3.26. The minimum absolute atomic E-state index is 0. The van der Waals surface area contributed by atoms with Crippen molar-refractivity contribution in [3.05, 3.63) is 119 Å². The summed E-state index contributed by atoms with van der Waals surface area (Å²) in [5.74, 6) is 1.24. The fraction of sp³-hybridized carbons (Fsp3) is 0.243. The van der Waals surface area contributed by atoms with Gasteiger partial charge in [0, 0.05) is 57.9 Å². The fourth-order valence-corrected chi connectivity index (χ4v) is 5.13. The largest absolute Gasteiger partial charge is 0.484 e. The van der Waals surface area contributed by atoms with E-state index in [1.807, 2.05) is 114 Å². The van der Waals surface area contributed by atoms with Gasteiger partial charge in [-0.25, -0.2) is 4.98 Å². The van der Waals surface area contributed by atoms with Gasteiger partial charge in [-0.2, -0.15) is 5.10 Å². The molecule has 6 rings (SSSR count). The summed E-state index contributed by atoms with van der Waals surface area (Å²) in [7, 11) is 5.03. The van der Waals surface area contributed by atoms with Crippen LogP contribution in [0.1, 0.15) is 76.7 Å². The van der Waals surface area contributed by atoms with Gasteiger partial charge >= 0.3 is 0 Å². The third-order valence-electron chi connectivity index (χ3n) is 8.02. The number of carbonyl (C=O) groups excluding carboxylic acids is 2. The first kappa shape index (κ1) is 34.3. The number of hydrogen-bond donors (Lipinski definition) is 5. The molecule has 49 heavy (non-hydrogen) atoms. The van der Waals surface area contributed by atoms with Crippen LogP contribution in [0.15, 0.2) is 85.2 Å². The molecule has 2 unspecified atom stereocenters. The number of ether oxygens (including phenoxy) is 2. The fourth-order valence-electron chi connectivity index (χ4n) is 5.13. The molecule has 0 saturated heterocycles. The molecule has 0 aliphatic carbocycles. The van der Waals surface area contributed by atoms with Crippen LogP contribution in [-0.2, 0) is 7.05 Å². The number of aryl methyl sites for hydroxylation is 3. The van der Waals surface area contributed by atoms with Crippen LogP contribution in [-0.4, -0.2) is 55.6 Å². The van der Waals surface area contributed by atoms with E-state index in [9.17, 15) is 9.59 Å². The molecular weight excluding hydrogens is 620 g/mol. The predicted molar refractivity (Wildman–Crippen MR) is 199 cm³/mol. The lowest BCUT2D eigenvalue weighted by atomic mass is 10.1. The zero-order valence-electron chi connectivity index (χ0n) is 28.7. The summed E-state index contributed by atoms with van der Waals surface area (Å²) in [6.45, 7) is 7.81. The van der Waals surface area contributed by atoms with E-state index >= 15 is 0 Å². The second kappa shape index (κ2) is 15.2. The van der Waals surface area contributed by atoms with Gasteiger partial charge in [0.15, 0.2) is 17.3 Å². The number of amides is 2. The Morgan fingerprint density at radius 3 is 1.69 bits per heavy atom. The molecule has 0 aliphatic heterocycles. The van der Waals surface area contributed by atoms with Crippen LogP contribution in [0.2, 0.25) is 0 Å². The van der Waals surface area contributed by atoms with Crippen LogP contribution in [0.3, 0.4) is 0 Å². The molecule has 0 fully saturated rings. The molecule has 2 aromatic carbocycles. The van der Waals surface area contributed by atoms with Crippen molar-refractivity contribution in [2.75, 3.05) is 14.1 Å². The normalized spacial score (nSPS) is 12.0. The monoisotopic (exact) mass is 672 g/mol. The third-order valence-corrected chi connectivity index (χ3v) is 8.02. The highest BCUT2D eigenvalue weighted by molar-refractivity contribution is 5.96. The van der Waals surface area contributed by atoms with Crippen molar-refractivity contribution in [3.63, 3.8) is 0 Å². The Labute approximate surface area is 292 Å². The average molecular weight is 673 g/mol. The number of nitrogens with zero attached hydrogens (tertiary/aromatic N) is 3. The highest BCUT2D eigenvalue weighted by Gasteiger charge is 2.22. The van der Waals surface area contributed by atoms with Gasteiger partial charge in [-0.15, -0.1) is 0 Å². The molecule has 0 bridgehead atoms. The Morgan fingerprint density at radius 2 is 1.27 bits per heavy atom. The summed E-state index contributed by atoms with van der Waals surface area (Å²) in [5.41, 5.74) is 7.18. The van der Waals surface area contributed by atoms with Gasteiger partial charge in [-0.3, -0.25) is 14.3 Å². The van der Waals surface area contributed by atoms with Gasteiger partial charge in [-0.05, 0) is 38.8 Å². The van der Waals surface area contributed by atoms with Gasteiger partial charge < -0.3 is 35.1 Å². The van der Waals surface area contributed by atoms with Crippen LogP contribution in [0.4, 0.5) is 0 Å². The Hall–Kier alpha value is -6.04.